The smallest absolute Gasteiger partial charge is 0.303 e. The number of carboxylic acids is 1. The fraction of sp³-hybridized carbons (Fsp3) is 0.429. The molecule has 0 aliphatic rings. The summed E-state index contributed by atoms with van der Waals surface area (Å²) < 4.78 is 0.965. The Kier molecular flexibility index (Phi) is 6.65. The van der Waals surface area contributed by atoms with Gasteiger partial charge in [-0.15, -0.1) is 0 Å². The lowest BCUT2D eigenvalue weighted by molar-refractivity contribution is -0.137. The first-order valence-corrected chi connectivity index (χ1v) is 6.89. The van der Waals surface area contributed by atoms with E-state index in [0.29, 0.717) is 12.8 Å². The van der Waals surface area contributed by atoms with Crippen LogP contribution in [0.15, 0.2) is 28.7 Å². The summed E-state index contributed by atoms with van der Waals surface area (Å²) in [4.78, 5) is 22.1. The number of Topliss-reactive ketones (excluding diaryl/α,β-unsaturated/α-hetero) is 1. The first-order chi connectivity index (χ1) is 8.59. The van der Waals surface area contributed by atoms with Crippen molar-refractivity contribution < 1.29 is 14.7 Å². The van der Waals surface area contributed by atoms with Crippen LogP contribution in [0, 0.1) is 0 Å². The van der Waals surface area contributed by atoms with Gasteiger partial charge in [0.25, 0.3) is 0 Å². The summed E-state index contributed by atoms with van der Waals surface area (Å²) in [5.41, 5.74) is 0.740. The van der Waals surface area contributed by atoms with Gasteiger partial charge in [0.2, 0.25) is 0 Å². The maximum absolute atomic E-state index is 11.8. The lowest BCUT2D eigenvalue weighted by Crippen LogP contribution is -1.99. The standard InChI is InChI=1S/C14H17BrO3/c15-12-9-7-11(8-10-12)13(16)5-3-1-2-4-6-14(17)18/h7-10H,1-6H2,(H,17,18). The molecule has 0 amide bonds. The molecule has 3 nitrogen and oxygen atoms in total. The Balaban J connectivity index is 2.17. The van der Waals surface area contributed by atoms with Crippen molar-refractivity contribution in [3.05, 3.63) is 34.3 Å². The fourth-order valence-electron chi connectivity index (χ4n) is 1.70. The number of unbranched alkanes of at least 4 members (excludes halogenated alkanes) is 3. The van der Waals surface area contributed by atoms with Crippen LogP contribution in [0.4, 0.5) is 0 Å². The monoisotopic (exact) mass is 312 g/mol. The molecule has 0 aliphatic carbocycles. The van der Waals surface area contributed by atoms with E-state index in [0.717, 1.165) is 29.3 Å². The summed E-state index contributed by atoms with van der Waals surface area (Å²) in [6.45, 7) is 0. The number of carbonyl (C=O) groups is 2. The van der Waals surface area contributed by atoms with E-state index >= 15 is 0 Å². The van der Waals surface area contributed by atoms with Gasteiger partial charge >= 0.3 is 5.97 Å². The Hall–Kier alpha value is -1.16. The highest BCUT2D eigenvalue weighted by atomic mass is 79.9. The maximum atomic E-state index is 11.8. The predicted octanol–water partition coefficient (Wildman–Crippen LogP) is 4.06. The number of carboxylic acid groups (broad SMARTS) is 1. The molecule has 18 heavy (non-hydrogen) atoms. The highest BCUT2D eigenvalue weighted by molar-refractivity contribution is 9.10. The van der Waals surface area contributed by atoms with Gasteiger partial charge in [0.05, 0.1) is 0 Å². The first-order valence-electron chi connectivity index (χ1n) is 6.10. The average molecular weight is 313 g/mol. The number of benzene rings is 1. The first kappa shape index (κ1) is 14.9. The molecule has 0 saturated carbocycles. The Labute approximate surface area is 115 Å². The summed E-state index contributed by atoms with van der Waals surface area (Å²) in [5, 5.41) is 8.47. The van der Waals surface area contributed by atoms with Crippen molar-refractivity contribution in [2.45, 2.75) is 38.5 Å². The third-order valence-electron chi connectivity index (χ3n) is 2.71. The summed E-state index contributed by atoms with van der Waals surface area (Å²) in [5.74, 6) is -0.596. The Morgan fingerprint density at radius 1 is 0.944 bits per heavy atom. The van der Waals surface area contributed by atoms with E-state index in [9.17, 15) is 9.59 Å². The summed E-state index contributed by atoms with van der Waals surface area (Å²) in [7, 11) is 0. The SMILES string of the molecule is O=C(O)CCCCCCC(=O)c1ccc(Br)cc1. The van der Waals surface area contributed by atoms with Gasteiger partial charge in [-0.2, -0.15) is 0 Å². The molecule has 0 aromatic heterocycles. The van der Waals surface area contributed by atoms with E-state index in [1.54, 1.807) is 0 Å². The van der Waals surface area contributed by atoms with E-state index in [1.165, 1.54) is 0 Å². The Bertz CT molecular complexity index is 398. The molecule has 1 aromatic carbocycles. The van der Waals surface area contributed by atoms with Gasteiger partial charge in [-0.05, 0) is 25.0 Å². The molecule has 1 N–H and O–H groups in total. The van der Waals surface area contributed by atoms with Crippen molar-refractivity contribution in [1.29, 1.82) is 0 Å². The second-order valence-electron chi connectivity index (χ2n) is 4.24. The van der Waals surface area contributed by atoms with E-state index in [4.69, 9.17) is 5.11 Å². The summed E-state index contributed by atoms with van der Waals surface area (Å²) in [6, 6.07) is 7.36. The molecule has 0 radical (unpaired) electrons. The van der Waals surface area contributed by atoms with Gasteiger partial charge in [-0.3, -0.25) is 9.59 Å². The number of rotatable bonds is 8. The van der Waals surface area contributed by atoms with Crippen molar-refractivity contribution in [2.24, 2.45) is 0 Å². The van der Waals surface area contributed by atoms with Gasteiger partial charge in [0.15, 0.2) is 5.78 Å². The molecule has 98 valence electrons. The van der Waals surface area contributed by atoms with Gasteiger partial charge in [-0.25, -0.2) is 0 Å². The minimum atomic E-state index is -0.749. The van der Waals surface area contributed by atoms with Gasteiger partial charge in [0.1, 0.15) is 0 Å². The zero-order valence-corrected chi connectivity index (χ0v) is 11.8. The van der Waals surface area contributed by atoms with Crippen LogP contribution in [0.1, 0.15) is 48.9 Å². The zero-order valence-electron chi connectivity index (χ0n) is 10.2. The Morgan fingerprint density at radius 2 is 1.50 bits per heavy atom. The van der Waals surface area contributed by atoms with Crippen LogP contribution in [0.3, 0.4) is 0 Å². The third kappa shape index (κ3) is 5.96. The molecule has 0 heterocycles. The highest BCUT2D eigenvalue weighted by Crippen LogP contribution is 2.14. The molecule has 0 atom stereocenters. The zero-order chi connectivity index (χ0) is 13.4. The molecule has 0 aliphatic heterocycles. The normalized spacial score (nSPS) is 10.3. The molecule has 1 aromatic rings. The van der Waals surface area contributed by atoms with Crippen molar-refractivity contribution in [2.75, 3.05) is 0 Å². The molecule has 0 saturated heterocycles. The topological polar surface area (TPSA) is 54.4 Å². The van der Waals surface area contributed by atoms with Crippen LogP contribution in [0.2, 0.25) is 0 Å². The number of carbonyl (C=O) groups excluding carboxylic acids is 1. The third-order valence-corrected chi connectivity index (χ3v) is 3.24. The molecule has 0 unspecified atom stereocenters. The van der Waals surface area contributed by atoms with Crippen LogP contribution in [0.25, 0.3) is 0 Å². The molecule has 4 heteroatoms. The minimum absolute atomic E-state index is 0.153. The molecule has 0 spiro atoms. The molecule has 0 bridgehead atoms. The maximum Gasteiger partial charge on any atom is 0.303 e. The molecule has 1 rings (SSSR count). The van der Waals surface area contributed by atoms with Crippen LogP contribution >= 0.6 is 15.9 Å². The van der Waals surface area contributed by atoms with E-state index in [-0.39, 0.29) is 12.2 Å². The largest absolute Gasteiger partial charge is 0.481 e. The summed E-state index contributed by atoms with van der Waals surface area (Å²) in [6.07, 6.45) is 4.07. The quantitative estimate of drug-likeness (QED) is 0.582. The van der Waals surface area contributed by atoms with Gasteiger partial charge in [0, 0.05) is 22.9 Å². The average Bonchev–Trinajstić information content (AvgIpc) is 2.34. The van der Waals surface area contributed by atoms with E-state index < -0.39 is 5.97 Å². The number of hydrogen-bond acceptors (Lipinski definition) is 2. The van der Waals surface area contributed by atoms with Crippen LogP contribution in [0.5, 0.6) is 0 Å². The van der Waals surface area contributed by atoms with Gasteiger partial charge < -0.3 is 5.11 Å². The molecular weight excluding hydrogens is 296 g/mol. The van der Waals surface area contributed by atoms with Crippen molar-refractivity contribution in [3.63, 3.8) is 0 Å². The van der Waals surface area contributed by atoms with Crippen molar-refractivity contribution in [1.82, 2.24) is 0 Å². The van der Waals surface area contributed by atoms with E-state index in [2.05, 4.69) is 15.9 Å². The van der Waals surface area contributed by atoms with Crippen LogP contribution < -0.4 is 0 Å². The number of ketones is 1. The molecular formula is C14H17BrO3. The Morgan fingerprint density at radius 3 is 2.06 bits per heavy atom. The number of hydrogen-bond donors (Lipinski definition) is 1. The molecule has 0 fully saturated rings. The fourth-order valence-corrected chi connectivity index (χ4v) is 1.96. The van der Waals surface area contributed by atoms with Gasteiger partial charge in [-0.1, -0.05) is 40.9 Å². The van der Waals surface area contributed by atoms with Crippen LogP contribution in [-0.4, -0.2) is 16.9 Å². The second kappa shape index (κ2) is 8.03. The second-order valence-corrected chi connectivity index (χ2v) is 5.15. The summed E-state index contributed by atoms with van der Waals surface area (Å²) >= 11 is 3.33. The van der Waals surface area contributed by atoms with E-state index in [1.807, 2.05) is 24.3 Å². The number of aliphatic carboxylic acids is 1. The van der Waals surface area contributed by atoms with Crippen LogP contribution in [-0.2, 0) is 4.79 Å². The lowest BCUT2D eigenvalue weighted by atomic mass is 10.0. The number of halogens is 1. The lowest BCUT2D eigenvalue weighted by Gasteiger charge is -2.01. The highest BCUT2D eigenvalue weighted by Gasteiger charge is 2.05. The van der Waals surface area contributed by atoms with Crippen molar-refractivity contribution >= 4 is 27.7 Å². The predicted molar refractivity (Wildman–Crippen MR) is 73.8 cm³/mol. The minimum Gasteiger partial charge on any atom is -0.481 e. The van der Waals surface area contributed by atoms with Crippen molar-refractivity contribution in [3.8, 4) is 0 Å².